The molecule has 0 amide bonds. The van der Waals surface area contributed by atoms with Crippen molar-refractivity contribution >= 4 is 28.7 Å². The lowest BCUT2D eigenvalue weighted by molar-refractivity contribution is 1.22. The molecule has 4 nitrogen and oxygen atoms in total. The van der Waals surface area contributed by atoms with Gasteiger partial charge in [0.25, 0.3) is 0 Å². The Labute approximate surface area is 86.1 Å². The SMILES string of the molecule is CNSc1ccc2c(N)ncnc2c1. The highest BCUT2D eigenvalue weighted by atomic mass is 32.2. The van der Waals surface area contributed by atoms with Crippen molar-refractivity contribution in [3.05, 3.63) is 24.5 Å². The maximum atomic E-state index is 5.71. The molecule has 0 aliphatic rings. The molecule has 0 radical (unpaired) electrons. The van der Waals surface area contributed by atoms with E-state index in [1.54, 1.807) is 11.9 Å². The van der Waals surface area contributed by atoms with Gasteiger partial charge in [-0.1, -0.05) is 0 Å². The molecule has 1 aromatic heterocycles. The zero-order valence-corrected chi connectivity index (χ0v) is 8.51. The molecule has 0 aliphatic carbocycles. The fraction of sp³-hybridized carbons (Fsp3) is 0.111. The van der Waals surface area contributed by atoms with Crippen LogP contribution in [0.3, 0.4) is 0 Å². The Bertz CT molecular complexity index is 458. The lowest BCUT2D eigenvalue weighted by Crippen LogP contribution is -1.94. The molecule has 0 aliphatic heterocycles. The Hall–Kier alpha value is -1.33. The van der Waals surface area contributed by atoms with Gasteiger partial charge in [0, 0.05) is 10.3 Å². The maximum absolute atomic E-state index is 5.71. The van der Waals surface area contributed by atoms with Crippen LogP contribution in [-0.2, 0) is 0 Å². The Morgan fingerprint density at radius 1 is 1.36 bits per heavy atom. The highest BCUT2D eigenvalue weighted by Crippen LogP contribution is 2.22. The van der Waals surface area contributed by atoms with Gasteiger partial charge < -0.3 is 5.73 Å². The number of hydrogen-bond acceptors (Lipinski definition) is 5. The Balaban J connectivity index is 2.56. The van der Waals surface area contributed by atoms with E-state index in [0.29, 0.717) is 5.82 Å². The number of aromatic nitrogens is 2. The quantitative estimate of drug-likeness (QED) is 0.728. The zero-order chi connectivity index (χ0) is 9.97. The number of hydrogen-bond donors (Lipinski definition) is 2. The summed E-state index contributed by atoms with van der Waals surface area (Å²) in [4.78, 5) is 9.19. The van der Waals surface area contributed by atoms with Crippen molar-refractivity contribution in [1.29, 1.82) is 0 Å². The van der Waals surface area contributed by atoms with Gasteiger partial charge in [0.05, 0.1) is 5.52 Å². The van der Waals surface area contributed by atoms with Crippen molar-refractivity contribution in [1.82, 2.24) is 14.7 Å². The van der Waals surface area contributed by atoms with Crippen molar-refractivity contribution in [3.63, 3.8) is 0 Å². The first-order valence-electron chi connectivity index (χ1n) is 4.15. The second-order valence-corrected chi connectivity index (χ2v) is 3.83. The number of rotatable bonds is 2. The molecule has 72 valence electrons. The topological polar surface area (TPSA) is 63.8 Å². The van der Waals surface area contributed by atoms with Gasteiger partial charge >= 0.3 is 0 Å². The van der Waals surface area contributed by atoms with Gasteiger partial charge in [0.1, 0.15) is 12.1 Å². The van der Waals surface area contributed by atoms with Crippen LogP contribution in [0.25, 0.3) is 10.9 Å². The smallest absolute Gasteiger partial charge is 0.134 e. The average Bonchev–Trinajstić information content (AvgIpc) is 2.18. The van der Waals surface area contributed by atoms with Crippen LogP contribution >= 0.6 is 11.9 Å². The number of nitrogens with one attached hydrogen (secondary N) is 1. The Morgan fingerprint density at radius 3 is 3.00 bits per heavy atom. The molecule has 0 unspecified atom stereocenters. The third-order valence-electron chi connectivity index (χ3n) is 1.86. The van der Waals surface area contributed by atoms with Gasteiger partial charge in [0.15, 0.2) is 0 Å². The van der Waals surface area contributed by atoms with Crippen LogP contribution in [0.4, 0.5) is 5.82 Å². The lowest BCUT2D eigenvalue weighted by Gasteiger charge is -2.02. The molecule has 1 heterocycles. The fourth-order valence-corrected chi connectivity index (χ4v) is 1.78. The molecule has 0 spiro atoms. The lowest BCUT2D eigenvalue weighted by atomic mass is 10.2. The normalized spacial score (nSPS) is 10.6. The standard InChI is InChI=1S/C9H10N4S/c1-11-14-6-2-3-7-8(4-6)12-5-13-9(7)10/h2-5,11H,1H3,(H2,10,12,13). The van der Waals surface area contributed by atoms with Crippen LogP contribution in [0.2, 0.25) is 0 Å². The molecule has 0 saturated heterocycles. The van der Waals surface area contributed by atoms with Crippen molar-refractivity contribution in [2.24, 2.45) is 0 Å². The van der Waals surface area contributed by atoms with E-state index in [4.69, 9.17) is 5.73 Å². The van der Waals surface area contributed by atoms with Crippen molar-refractivity contribution in [2.45, 2.75) is 4.90 Å². The van der Waals surface area contributed by atoms with Gasteiger partial charge in [-0.25, -0.2) is 9.97 Å². The Kier molecular flexibility index (Phi) is 2.51. The van der Waals surface area contributed by atoms with Crippen LogP contribution in [0.15, 0.2) is 29.4 Å². The van der Waals surface area contributed by atoms with E-state index >= 15 is 0 Å². The van der Waals surface area contributed by atoms with Gasteiger partial charge in [0.2, 0.25) is 0 Å². The van der Waals surface area contributed by atoms with Crippen LogP contribution in [-0.4, -0.2) is 17.0 Å². The van der Waals surface area contributed by atoms with Gasteiger partial charge in [-0.05, 0) is 37.2 Å². The van der Waals surface area contributed by atoms with E-state index in [-0.39, 0.29) is 0 Å². The summed E-state index contributed by atoms with van der Waals surface area (Å²) in [6, 6.07) is 5.90. The highest BCUT2D eigenvalue weighted by molar-refractivity contribution is 7.97. The Morgan fingerprint density at radius 2 is 2.21 bits per heavy atom. The van der Waals surface area contributed by atoms with E-state index in [1.165, 1.54) is 6.33 Å². The van der Waals surface area contributed by atoms with Crippen LogP contribution in [0, 0.1) is 0 Å². The molecule has 0 bridgehead atoms. The number of anilines is 1. The number of nitrogens with two attached hydrogens (primary N) is 1. The van der Waals surface area contributed by atoms with E-state index in [1.807, 2.05) is 25.2 Å². The van der Waals surface area contributed by atoms with Gasteiger partial charge in [-0.15, -0.1) is 0 Å². The van der Waals surface area contributed by atoms with E-state index in [9.17, 15) is 0 Å². The summed E-state index contributed by atoms with van der Waals surface area (Å²) < 4.78 is 3.01. The van der Waals surface area contributed by atoms with Crippen LogP contribution < -0.4 is 10.5 Å². The zero-order valence-electron chi connectivity index (χ0n) is 7.69. The average molecular weight is 206 g/mol. The molecular formula is C9H10N4S. The molecule has 0 fully saturated rings. The number of nitrogen functional groups attached to an aromatic ring is 1. The van der Waals surface area contributed by atoms with Gasteiger partial charge in [-0.3, -0.25) is 4.72 Å². The minimum Gasteiger partial charge on any atom is -0.383 e. The minimum absolute atomic E-state index is 0.524. The van der Waals surface area contributed by atoms with Gasteiger partial charge in [-0.2, -0.15) is 0 Å². The molecule has 3 N–H and O–H groups in total. The number of fused-ring (bicyclic) bond motifs is 1. The maximum Gasteiger partial charge on any atom is 0.134 e. The fourth-order valence-electron chi connectivity index (χ4n) is 1.24. The minimum atomic E-state index is 0.524. The second-order valence-electron chi connectivity index (χ2n) is 2.74. The molecule has 2 rings (SSSR count). The first-order chi connectivity index (χ1) is 6.81. The first-order valence-corrected chi connectivity index (χ1v) is 4.97. The third kappa shape index (κ3) is 1.64. The highest BCUT2D eigenvalue weighted by Gasteiger charge is 2.00. The monoisotopic (exact) mass is 206 g/mol. The molecule has 0 atom stereocenters. The summed E-state index contributed by atoms with van der Waals surface area (Å²) in [5.41, 5.74) is 6.58. The molecule has 1 aromatic carbocycles. The van der Waals surface area contributed by atoms with E-state index in [2.05, 4.69) is 14.7 Å². The summed E-state index contributed by atoms with van der Waals surface area (Å²) in [7, 11) is 1.88. The predicted molar refractivity (Wildman–Crippen MR) is 58.9 cm³/mol. The molecule has 14 heavy (non-hydrogen) atoms. The first kappa shape index (κ1) is 9.23. The van der Waals surface area contributed by atoms with Crippen molar-refractivity contribution < 1.29 is 0 Å². The van der Waals surface area contributed by atoms with Crippen molar-refractivity contribution in [3.8, 4) is 0 Å². The summed E-state index contributed by atoms with van der Waals surface area (Å²) in [6.45, 7) is 0. The van der Waals surface area contributed by atoms with E-state index < -0.39 is 0 Å². The summed E-state index contributed by atoms with van der Waals surface area (Å²) in [6.07, 6.45) is 1.48. The largest absolute Gasteiger partial charge is 0.383 e. The number of nitrogens with zero attached hydrogens (tertiary/aromatic N) is 2. The molecule has 0 saturated carbocycles. The summed E-state index contributed by atoms with van der Waals surface area (Å²) >= 11 is 1.54. The van der Waals surface area contributed by atoms with Crippen LogP contribution in [0.1, 0.15) is 0 Å². The van der Waals surface area contributed by atoms with E-state index in [0.717, 1.165) is 15.8 Å². The molecule has 5 heteroatoms. The molecular weight excluding hydrogens is 196 g/mol. The second kappa shape index (κ2) is 3.81. The number of benzene rings is 1. The third-order valence-corrected chi connectivity index (χ3v) is 2.55. The summed E-state index contributed by atoms with van der Waals surface area (Å²) in [5.74, 6) is 0.524. The van der Waals surface area contributed by atoms with Crippen LogP contribution in [0.5, 0.6) is 0 Å². The summed E-state index contributed by atoms with van der Waals surface area (Å²) in [5, 5.41) is 0.896. The predicted octanol–water partition coefficient (Wildman–Crippen LogP) is 1.44. The molecule has 2 aromatic rings. The van der Waals surface area contributed by atoms with Crippen molar-refractivity contribution in [2.75, 3.05) is 12.8 Å².